The van der Waals surface area contributed by atoms with Gasteiger partial charge in [0.2, 0.25) is 0 Å². The Morgan fingerprint density at radius 2 is 2.17 bits per heavy atom. The van der Waals surface area contributed by atoms with Crippen LogP contribution in [0.1, 0.15) is 15.9 Å². The predicted molar refractivity (Wildman–Crippen MR) is 47.6 cm³/mol. The monoisotopic (exact) mass is 185 g/mol. The van der Waals surface area contributed by atoms with Gasteiger partial charge in [-0.1, -0.05) is 11.6 Å². The average Bonchev–Trinajstić information content (AvgIpc) is 1.99. The predicted octanol–water partition coefficient (Wildman–Crippen LogP) is 1.93. The summed E-state index contributed by atoms with van der Waals surface area (Å²) in [4.78, 5) is 10.5. The number of anilines is 1. The van der Waals surface area contributed by atoms with E-state index < -0.39 is 5.97 Å². The van der Waals surface area contributed by atoms with Crippen molar-refractivity contribution in [1.29, 1.82) is 0 Å². The summed E-state index contributed by atoms with van der Waals surface area (Å²) in [6.45, 7) is 1.72. The molecule has 1 aromatic rings. The molecule has 0 aliphatic heterocycles. The molecule has 0 amide bonds. The lowest BCUT2D eigenvalue weighted by Gasteiger charge is -2.03. The fraction of sp³-hybridized carbons (Fsp3) is 0.125. The third kappa shape index (κ3) is 1.51. The van der Waals surface area contributed by atoms with E-state index >= 15 is 0 Å². The molecule has 0 unspecified atom stereocenters. The zero-order valence-corrected chi connectivity index (χ0v) is 7.22. The molecule has 0 radical (unpaired) electrons. The minimum atomic E-state index is -1.00. The summed E-state index contributed by atoms with van der Waals surface area (Å²) in [6, 6.07) is 2.83. The van der Waals surface area contributed by atoms with E-state index in [9.17, 15) is 4.79 Å². The van der Waals surface area contributed by atoms with E-state index in [1.807, 2.05) is 0 Å². The quantitative estimate of drug-likeness (QED) is 0.658. The maximum Gasteiger partial charge on any atom is 0.335 e. The van der Waals surface area contributed by atoms with Crippen molar-refractivity contribution in [2.45, 2.75) is 6.92 Å². The van der Waals surface area contributed by atoms with Crippen LogP contribution in [0, 0.1) is 6.92 Å². The van der Waals surface area contributed by atoms with Crippen LogP contribution in [-0.4, -0.2) is 11.1 Å². The Bertz CT molecular complexity index is 313. The Labute approximate surface area is 74.8 Å². The first kappa shape index (κ1) is 8.87. The summed E-state index contributed by atoms with van der Waals surface area (Å²) in [5.74, 6) is -1.00. The molecule has 1 rings (SSSR count). The highest BCUT2D eigenvalue weighted by atomic mass is 35.5. The topological polar surface area (TPSA) is 63.3 Å². The van der Waals surface area contributed by atoms with E-state index in [0.29, 0.717) is 11.3 Å². The summed E-state index contributed by atoms with van der Waals surface area (Å²) < 4.78 is 0. The Kier molecular flexibility index (Phi) is 2.24. The van der Waals surface area contributed by atoms with Crippen LogP contribution in [0.5, 0.6) is 0 Å². The number of halogens is 1. The number of hydrogen-bond acceptors (Lipinski definition) is 2. The summed E-state index contributed by atoms with van der Waals surface area (Å²) in [7, 11) is 0. The van der Waals surface area contributed by atoms with Crippen LogP contribution >= 0.6 is 11.6 Å². The largest absolute Gasteiger partial charge is 0.478 e. The first-order valence-electron chi connectivity index (χ1n) is 3.31. The maximum atomic E-state index is 10.5. The van der Waals surface area contributed by atoms with Gasteiger partial charge in [0.05, 0.1) is 16.3 Å². The highest BCUT2D eigenvalue weighted by Crippen LogP contribution is 2.23. The number of nitrogens with two attached hydrogens (primary N) is 1. The normalized spacial score (nSPS) is 9.83. The number of carboxylic acid groups (broad SMARTS) is 1. The van der Waals surface area contributed by atoms with E-state index in [4.69, 9.17) is 22.4 Å². The Morgan fingerprint density at radius 3 is 2.58 bits per heavy atom. The molecular weight excluding hydrogens is 178 g/mol. The van der Waals surface area contributed by atoms with Crippen molar-refractivity contribution in [2.24, 2.45) is 0 Å². The smallest absolute Gasteiger partial charge is 0.335 e. The van der Waals surface area contributed by atoms with Crippen molar-refractivity contribution in [2.75, 3.05) is 5.73 Å². The lowest BCUT2D eigenvalue weighted by molar-refractivity contribution is 0.0697. The van der Waals surface area contributed by atoms with Crippen molar-refractivity contribution < 1.29 is 9.90 Å². The van der Waals surface area contributed by atoms with Crippen molar-refractivity contribution in [1.82, 2.24) is 0 Å². The number of carbonyl (C=O) groups is 1. The van der Waals surface area contributed by atoms with E-state index in [-0.39, 0.29) is 10.6 Å². The van der Waals surface area contributed by atoms with Crippen molar-refractivity contribution in [3.63, 3.8) is 0 Å². The lowest BCUT2D eigenvalue weighted by Crippen LogP contribution is -1.99. The van der Waals surface area contributed by atoms with Crippen LogP contribution < -0.4 is 5.73 Å². The van der Waals surface area contributed by atoms with Gasteiger partial charge in [-0.25, -0.2) is 4.79 Å². The van der Waals surface area contributed by atoms with Crippen LogP contribution in [0.25, 0.3) is 0 Å². The number of rotatable bonds is 1. The van der Waals surface area contributed by atoms with Crippen LogP contribution in [0.4, 0.5) is 5.69 Å². The van der Waals surface area contributed by atoms with Gasteiger partial charge in [-0.15, -0.1) is 0 Å². The number of carboxylic acids is 1. The Balaban J connectivity index is 3.31. The third-order valence-electron chi connectivity index (χ3n) is 1.58. The molecule has 3 N–H and O–H groups in total. The van der Waals surface area contributed by atoms with Gasteiger partial charge >= 0.3 is 5.97 Å². The molecule has 0 aromatic heterocycles. The zero-order valence-electron chi connectivity index (χ0n) is 6.47. The van der Waals surface area contributed by atoms with Crippen LogP contribution in [0.15, 0.2) is 12.1 Å². The number of hydrogen-bond donors (Lipinski definition) is 2. The molecule has 3 nitrogen and oxygen atoms in total. The van der Waals surface area contributed by atoms with E-state index in [1.54, 1.807) is 6.92 Å². The fourth-order valence-corrected chi connectivity index (χ4v) is 1.15. The number of aromatic carboxylic acids is 1. The van der Waals surface area contributed by atoms with E-state index in [2.05, 4.69) is 0 Å². The number of aryl methyl sites for hydroxylation is 1. The lowest BCUT2D eigenvalue weighted by atomic mass is 10.1. The van der Waals surface area contributed by atoms with Gasteiger partial charge in [0.15, 0.2) is 0 Å². The van der Waals surface area contributed by atoms with Gasteiger partial charge in [-0.3, -0.25) is 0 Å². The van der Waals surface area contributed by atoms with Gasteiger partial charge in [-0.2, -0.15) is 0 Å². The minimum Gasteiger partial charge on any atom is -0.478 e. The van der Waals surface area contributed by atoms with E-state index in [1.165, 1.54) is 12.1 Å². The molecule has 0 fully saturated rings. The second-order valence-electron chi connectivity index (χ2n) is 2.49. The van der Waals surface area contributed by atoms with E-state index in [0.717, 1.165) is 0 Å². The molecule has 0 aliphatic rings. The second kappa shape index (κ2) is 3.03. The standard InChI is InChI=1S/C8H8ClNO2/c1-4-2-5(8(11)12)3-6(9)7(4)10/h2-3H,10H2,1H3,(H,11,12). The van der Waals surface area contributed by atoms with Crippen LogP contribution in [0.3, 0.4) is 0 Å². The number of nitrogen functional groups attached to an aromatic ring is 1. The maximum absolute atomic E-state index is 10.5. The second-order valence-corrected chi connectivity index (χ2v) is 2.90. The first-order chi connectivity index (χ1) is 5.52. The Hall–Kier alpha value is -1.22. The van der Waals surface area contributed by atoms with Gasteiger partial charge in [0.1, 0.15) is 0 Å². The van der Waals surface area contributed by atoms with Crippen LogP contribution in [0.2, 0.25) is 5.02 Å². The summed E-state index contributed by atoms with van der Waals surface area (Å²) in [5.41, 5.74) is 6.80. The Morgan fingerprint density at radius 1 is 1.58 bits per heavy atom. The molecule has 0 heterocycles. The molecule has 0 atom stereocenters. The third-order valence-corrected chi connectivity index (χ3v) is 1.90. The molecule has 0 saturated heterocycles. The molecule has 1 aromatic carbocycles. The number of benzene rings is 1. The van der Waals surface area contributed by atoms with Gasteiger partial charge < -0.3 is 10.8 Å². The summed E-state index contributed by atoms with van der Waals surface area (Å²) >= 11 is 5.67. The van der Waals surface area contributed by atoms with Crippen molar-refractivity contribution in [3.05, 3.63) is 28.3 Å². The van der Waals surface area contributed by atoms with Crippen molar-refractivity contribution >= 4 is 23.3 Å². The summed E-state index contributed by atoms with van der Waals surface area (Å²) in [5, 5.41) is 8.91. The van der Waals surface area contributed by atoms with Gasteiger partial charge in [-0.05, 0) is 24.6 Å². The molecule has 0 aliphatic carbocycles. The van der Waals surface area contributed by atoms with Crippen LogP contribution in [-0.2, 0) is 0 Å². The molecule has 0 bridgehead atoms. The molecule has 64 valence electrons. The molecule has 12 heavy (non-hydrogen) atoms. The zero-order chi connectivity index (χ0) is 9.30. The van der Waals surface area contributed by atoms with Gasteiger partial charge in [0.25, 0.3) is 0 Å². The molecule has 4 heteroatoms. The SMILES string of the molecule is Cc1cc(C(=O)O)cc(Cl)c1N. The van der Waals surface area contributed by atoms with Gasteiger partial charge in [0, 0.05) is 0 Å². The summed E-state index contributed by atoms with van der Waals surface area (Å²) in [6.07, 6.45) is 0. The minimum absolute atomic E-state index is 0.159. The molecular formula is C8H8ClNO2. The highest BCUT2D eigenvalue weighted by Gasteiger charge is 2.07. The fourth-order valence-electron chi connectivity index (χ4n) is 0.879. The molecule has 0 spiro atoms. The highest BCUT2D eigenvalue weighted by molar-refractivity contribution is 6.33. The van der Waals surface area contributed by atoms with Crippen molar-refractivity contribution in [3.8, 4) is 0 Å². The first-order valence-corrected chi connectivity index (χ1v) is 3.69. The average molecular weight is 186 g/mol. The molecule has 0 saturated carbocycles.